The second-order valence-electron chi connectivity index (χ2n) is 10.4. The van der Waals surface area contributed by atoms with Crippen molar-refractivity contribution in [2.24, 2.45) is 5.92 Å². The lowest BCUT2D eigenvalue weighted by molar-refractivity contribution is -0.0492. The first kappa shape index (κ1) is 24.6. The van der Waals surface area contributed by atoms with Gasteiger partial charge in [0.15, 0.2) is 0 Å². The average Bonchev–Trinajstić information content (AvgIpc) is 3.41. The highest BCUT2D eigenvalue weighted by Gasteiger charge is 2.51. The molecular formula is C25H33F3N4O2S. The third-order valence-corrected chi connectivity index (χ3v) is 9.32. The van der Waals surface area contributed by atoms with Crippen LogP contribution in [0.25, 0.3) is 0 Å². The van der Waals surface area contributed by atoms with E-state index in [2.05, 4.69) is 20.9 Å². The molecule has 1 atom stereocenters. The van der Waals surface area contributed by atoms with E-state index in [1.54, 1.807) is 6.20 Å². The number of sulfonamides is 1. The number of halogens is 3. The summed E-state index contributed by atoms with van der Waals surface area (Å²) in [5.74, 6) is 1.74. The molecule has 5 rings (SSSR count). The summed E-state index contributed by atoms with van der Waals surface area (Å²) in [6.45, 7) is 1.84. The number of imidazole rings is 1. The van der Waals surface area contributed by atoms with Crippen molar-refractivity contribution in [2.45, 2.75) is 88.8 Å². The van der Waals surface area contributed by atoms with Gasteiger partial charge in [0.05, 0.1) is 18.4 Å². The first-order valence-electron chi connectivity index (χ1n) is 12.6. The number of aryl methyl sites for hydroxylation is 1. The molecule has 3 aliphatic rings. The number of aromatic nitrogens is 2. The molecule has 2 aromatic rings. The Hall–Kier alpha value is -2.07. The number of H-pyrrole nitrogens is 1. The minimum absolute atomic E-state index is 0.185. The predicted octanol–water partition coefficient (Wildman–Crippen LogP) is 5.61. The molecule has 6 nitrogen and oxygen atoms in total. The predicted molar refractivity (Wildman–Crippen MR) is 128 cm³/mol. The summed E-state index contributed by atoms with van der Waals surface area (Å²) in [5.41, 5.74) is -1.93. The lowest BCUT2D eigenvalue weighted by Crippen LogP contribution is -2.47. The zero-order chi connectivity index (χ0) is 24.8. The molecule has 0 amide bonds. The number of nitrogens with zero attached hydrogens (tertiary/aromatic N) is 3. The number of benzene rings is 1. The fraction of sp³-hybridized carbons (Fsp3) is 0.640. The van der Waals surface area contributed by atoms with E-state index < -0.39 is 15.5 Å². The van der Waals surface area contributed by atoms with Crippen LogP contribution in [-0.2, 0) is 23.1 Å². The maximum Gasteiger partial charge on any atom is 0.511 e. The zero-order valence-electron chi connectivity index (χ0n) is 20.0. The van der Waals surface area contributed by atoms with Gasteiger partial charge in [0, 0.05) is 24.8 Å². The van der Waals surface area contributed by atoms with Crippen LogP contribution in [-0.4, -0.2) is 40.8 Å². The van der Waals surface area contributed by atoms with Crippen LogP contribution in [0.15, 0.2) is 24.4 Å². The van der Waals surface area contributed by atoms with Crippen molar-refractivity contribution in [3.63, 3.8) is 0 Å². The summed E-state index contributed by atoms with van der Waals surface area (Å²) in [5, 5.41) is 0. The average molecular weight is 511 g/mol. The van der Waals surface area contributed by atoms with Crippen molar-refractivity contribution < 1.29 is 21.6 Å². The molecule has 2 aliphatic carbocycles. The van der Waals surface area contributed by atoms with Crippen LogP contribution < -0.4 is 4.90 Å². The van der Waals surface area contributed by atoms with Crippen molar-refractivity contribution in [1.29, 1.82) is 0 Å². The third-order valence-electron chi connectivity index (χ3n) is 7.78. The summed E-state index contributed by atoms with van der Waals surface area (Å²) in [7, 11) is -5.46. The maximum absolute atomic E-state index is 13.7. The van der Waals surface area contributed by atoms with E-state index in [-0.39, 0.29) is 19.1 Å². The number of aromatic amines is 1. The van der Waals surface area contributed by atoms with Crippen LogP contribution >= 0.6 is 0 Å². The molecule has 1 aromatic heterocycles. The van der Waals surface area contributed by atoms with Crippen molar-refractivity contribution in [3.05, 3.63) is 47.0 Å². The van der Waals surface area contributed by atoms with Crippen molar-refractivity contribution >= 4 is 15.7 Å². The van der Waals surface area contributed by atoms with Crippen LogP contribution in [0.5, 0.6) is 0 Å². The number of anilines is 1. The Morgan fingerprint density at radius 1 is 1.11 bits per heavy atom. The Morgan fingerprint density at radius 2 is 1.86 bits per heavy atom. The summed E-state index contributed by atoms with van der Waals surface area (Å²) in [4.78, 5) is 9.63. The summed E-state index contributed by atoms with van der Waals surface area (Å²) in [6, 6.07) is 5.60. The van der Waals surface area contributed by atoms with E-state index in [4.69, 9.17) is 0 Å². The molecule has 1 aliphatic heterocycles. The van der Waals surface area contributed by atoms with Gasteiger partial charge in [-0.05, 0) is 61.6 Å². The topological polar surface area (TPSA) is 69.3 Å². The summed E-state index contributed by atoms with van der Waals surface area (Å²) in [6.07, 6.45) is 10.0. The third kappa shape index (κ3) is 5.23. The highest BCUT2D eigenvalue weighted by Crippen LogP contribution is 2.43. The first-order chi connectivity index (χ1) is 16.6. The van der Waals surface area contributed by atoms with Crippen molar-refractivity contribution in [3.8, 4) is 0 Å². The molecule has 192 valence electrons. The SMILES string of the molecule is Cc1ncc(CN2c3ccc(C4CC4)cc3CN(S(=O)(=O)C(F)(F)F)C[C@H]2CCC2CCCC2)[nH]1. The standard InChI is InChI=1S/C25H33F3N4O2S/c1-17-29-13-22(30-17)15-32-23(10-6-18-4-2-3-5-18)16-31(35(33,34)25(26,27)28)14-21-12-20(19-7-8-19)9-11-24(21)32/h9,11-13,18-19,23H,2-8,10,14-16H2,1H3,(H,29,30)/t23-/m1/s1. The number of fused-ring (bicyclic) bond motifs is 1. The van der Waals surface area contributed by atoms with E-state index >= 15 is 0 Å². The molecule has 2 heterocycles. The Kier molecular flexibility index (Phi) is 6.63. The normalized spacial score (nSPS) is 22.4. The molecule has 10 heteroatoms. The Bertz CT molecular complexity index is 1150. The molecule has 0 bridgehead atoms. The monoisotopic (exact) mass is 510 g/mol. The number of hydrogen-bond donors (Lipinski definition) is 1. The Balaban J connectivity index is 1.54. The van der Waals surface area contributed by atoms with Crippen LogP contribution in [0.2, 0.25) is 0 Å². The minimum Gasteiger partial charge on any atom is -0.361 e. The minimum atomic E-state index is -5.46. The van der Waals surface area contributed by atoms with Crippen molar-refractivity contribution in [2.75, 3.05) is 11.4 Å². The molecule has 0 spiro atoms. The lowest BCUT2D eigenvalue weighted by Gasteiger charge is -2.34. The lowest BCUT2D eigenvalue weighted by atomic mass is 9.97. The second kappa shape index (κ2) is 9.42. The number of alkyl halides is 3. The van der Waals surface area contributed by atoms with Gasteiger partial charge in [-0.2, -0.15) is 17.5 Å². The number of nitrogens with one attached hydrogen (secondary N) is 1. The number of rotatable bonds is 7. The molecule has 1 N–H and O–H groups in total. The summed E-state index contributed by atoms with van der Waals surface area (Å²) >= 11 is 0. The maximum atomic E-state index is 13.7. The molecule has 0 unspecified atom stereocenters. The van der Waals surface area contributed by atoms with Gasteiger partial charge in [-0.3, -0.25) is 0 Å². The van der Waals surface area contributed by atoms with E-state index in [0.29, 0.717) is 34.7 Å². The van der Waals surface area contributed by atoms with Crippen LogP contribution in [0.4, 0.5) is 18.9 Å². The first-order valence-corrected chi connectivity index (χ1v) is 14.0. The van der Waals surface area contributed by atoms with Crippen LogP contribution in [0.1, 0.15) is 79.9 Å². The van der Waals surface area contributed by atoms with Crippen LogP contribution in [0.3, 0.4) is 0 Å². The van der Waals surface area contributed by atoms with Gasteiger partial charge in [-0.15, -0.1) is 0 Å². The van der Waals surface area contributed by atoms with E-state index in [0.717, 1.165) is 54.9 Å². The van der Waals surface area contributed by atoms with Gasteiger partial charge >= 0.3 is 15.5 Å². The van der Waals surface area contributed by atoms with Gasteiger partial charge in [-0.1, -0.05) is 37.8 Å². The Morgan fingerprint density at radius 3 is 2.49 bits per heavy atom. The quantitative estimate of drug-likeness (QED) is 0.526. The highest BCUT2D eigenvalue weighted by molar-refractivity contribution is 7.89. The van der Waals surface area contributed by atoms with Gasteiger partial charge in [-0.25, -0.2) is 13.4 Å². The molecule has 0 radical (unpaired) electrons. The fourth-order valence-corrected chi connectivity index (χ4v) is 6.69. The van der Waals surface area contributed by atoms with Crippen molar-refractivity contribution in [1.82, 2.24) is 14.3 Å². The molecule has 2 saturated carbocycles. The molecule has 1 aromatic carbocycles. The zero-order valence-corrected chi connectivity index (χ0v) is 20.8. The van der Waals surface area contributed by atoms with E-state index in [1.807, 2.05) is 19.1 Å². The molecule has 2 fully saturated rings. The van der Waals surface area contributed by atoms with Crippen LogP contribution in [0, 0.1) is 12.8 Å². The smallest absolute Gasteiger partial charge is 0.361 e. The Labute approximate surface area is 205 Å². The second-order valence-corrected chi connectivity index (χ2v) is 12.3. The summed E-state index contributed by atoms with van der Waals surface area (Å²) < 4.78 is 67.0. The van der Waals surface area contributed by atoms with E-state index in [9.17, 15) is 21.6 Å². The van der Waals surface area contributed by atoms with E-state index in [1.165, 1.54) is 12.8 Å². The van der Waals surface area contributed by atoms with Gasteiger partial charge in [0.2, 0.25) is 0 Å². The van der Waals surface area contributed by atoms with Gasteiger partial charge in [0.25, 0.3) is 0 Å². The van der Waals surface area contributed by atoms with Gasteiger partial charge < -0.3 is 9.88 Å². The number of hydrogen-bond acceptors (Lipinski definition) is 4. The molecule has 35 heavy (non-hydrogen) atoms. The largest absolute Gasteiger partial charge is 0.511 e. The fourth-order valence-electron chi connectivity index (χ4n) is 5.72. The van der Waals surface area contributed by atoms with Gasteiger partial charge in [0.1, 0.15) is 5.82 Å². The highest BCUT2D eigenvalue weighted by atomic mass is 32.2. The molecule has 0 saturated heterocycles. The molecular weight excluding hydrogens is 477 g/mol.